The first-order chi connectivity index (χ1) is 13.9. The number of carbonyl (C=O) groups excluding carboxylic acids is 1. The minimum Gasteiger partial charge on any atom is -0.497 e. The molecule has 7 heteroatoms. The van der Waals surface area contributed by atoms with Crippen LogP contribution in [-0.2, 0) is 7.05 Å². The van der Waals surface area contributed by atoms with Gasteiger partial charge in [-0.05, 0) is 64.4 Å². The number of likely N-dealkylation sites (tertiary alicyclic amines) is 1. The minimum absolute atomic E-state index is 0.102. The Hall–Kier alpha value is -2.54. The Morgan fingerprint density at radius 3 is 2.41 bits per heavy atom. The van der Waals surface area contributed by atoms with Gasteiger partial charge < -0.3 is 15.4 Å². The molecule has 3 rings (SSSR count). The van der Waals surface area contributed by atoms with Crippen molar-refractivity contribution >= 4 is 6.03 Å². The van der Waals surface area contributed by atoms with Crippen molar-refractivity contribution in [1.82, 2.24) is 25.3 Å². The third kappa shape index (κ3) is 4.90. The van der Waals surface area contributed by atoms with Gasteiger partial charge in [-0.25, -0.2) is 4.79 Å². The molecule has 7 nitrogen and oxygen atoms in total. The fraction of sp³-hybridized carbons (Fsp3) is 0.545. The molecule has 158 valence electrons. The summed E-state index contributed by atoms with van der Waals surface area (Å²) < 4.78 is 7.13. The van der Waals surface area contributed by atoms with Gasteiger partial charge in [0.2, 0.25) is 0 Å². The average Bonchev–Trinajstić information content (AvgIpc) is 3.31. The van der Waals surface area contributed by atoms with E-state index >= 15 is 0 Å². The van der Waals surface area contributed by atoms with Crippen LogP contribution in [0.3, 0.4) is 0 Å². The van der Waals surface area contributed by atoms with Gasteiger partial charge in [0.1, 0.15) is 5.75 Å². The Morgan fingerprint density at radius 1 is 1.21 bits per heavy atom. The first-order valence-electron chi connectivity index (χ1n) is 10.3. The van der Waals surface area contributed by atoms with Gasteiger partial charge in [-0.3, -0.25) is 9.58 Å². The molecule has 1 aromatic carbocycles. The van der Waals surface area contributed by atoms with Crippen LogP contribution in [-0.4, -0.2) is 47.5 Å². The lowest BCUT2D eigenvalue weighted by molar-refractivity contribution is 0.219. The zero-order valence-corrected chi connectivity index (χ0v) is 18.2. The highest BCUT2D eigenvalue weighted by atomic mass is 16.5. The van der Waals surface area contributed by atoms with Crippen LogP contribution in [0.15, 0.2) is 24.3 Å². The third-order valence-electron chi connectivity index (χ3n) is 5.88. The highest BCUT2D eigenvalue weighted by Crippen LogP contribution is 2.26. The number of nitrogens with zero attached hydrogens (tertiary/aromatic N) is 3. The predicted molar refractivity (Wildman–Crippen MR) is 114 cm³/mol. The van der Waals surface area contributed by atoms with Gasteiger partial charge in [0.25, 0.3) is 0 Å². The normalized spacial score (nSPS) is 16.4. The largest absolute Gasteiger partial charge is 0.497 e. The standard InChI is InChI=1S/C22H33N5O2/c1-15(21-16(2)25-26(4)17(21)3)24-22(28)23-14-20(27-12-6-7-13-27)18-8-10-19(29-5)11-9-18/h8-11,15,20H,6-7,12-14H2,1-5H3,(H2,23,24,28)/t15-,20-/m1/s1. The molecule has 0 aliphatic carbocycles. The molecular weight excluding hydrogens is 366 g/mol. The number of aromatic nitrogens is 2. The molecule has 2 N–H and O–H groups in total. The highest BCUT2D eigenvalue weighted by molar-refractivity contribution is 5.74. The number of hydrogen-bond acceptors (Lipinski definition) is 4. The van der Waals surface area contributed by atoms with E-state index in [0.29, 0.717) is 6.54 Å². The van der Waals surface area contributed by atoms with Gasteiger partial charge in [0, 0.05) is 24.8 Å². The molecule has 0 spiro atoms. The summed E-state index contributed by atoms with van der Waals surface area (Å²) in [5.41, 5.74) is 4.29. The first-order valence-corrected chi connectivity index (χ1v) is 10.3. The Morgan fingerprint density at radius 2 is 1.86 bits per heavy atom. The van der Waals surface area contributed by atoms with Crippen LogP contribution in [0.25, 0.3) is 0 Å². The van der Waals surface area contributed by atoms with Crippen molar-refractivity contribution in [3.63, 3.8) is 0 Å². The van der Waals surface area contributed by atoms with Crippen LogP contribution >= 0.6 is 0 Å². The topological polar surface area (TPSA) is 71.4 Å². The molecule has 1 aliphatic heterocycles. The van der Waals surface area contributed by atoms with Crippen LogP contribution in [0, 0.1) is 13.8 Å². The second-order valence-electron chi connectivity index (χ2n) is 7.82. The maximum atomic E-state index is 12.6. The third-order valence-corrected chi connectivity index (χ3v) is 5.88. The molecule has 2 aromatic rings. The zero-order chi connectivity index (χ0) is 21.0. The average molecular weight is 400 g/mol. The molecule has 1 fully saturated rings. The van der Waals surface area contributed by atoms with Gasteiger partial charge in [0.15, 0.2) is 0 Å². The van der Waals surface area contributed by atoms with Crippen molar-refractivity contribution in [2.45, 2.75) is 45.7 Å². The number of aryl methyl sites for hydroxylation is 2. The summed E-state index contributed by atoms with van der Waals surface area (Å²) in [6.07, 6.45) is 2.41. The number of urea groups is 1. The lowest BCUT2D eigenvalue weighted by atomic mass is 10.1. The Labute approximate surface area is 173 Å². The number of hydrogen-bond donors (Lipinski definition) is 2. The van der Waals surface area contributed by atoms with Crippen molar-refractivity contribution < 1.29 is 9.53 Å². The summed E-state index contributed by atoms with van der Waals surface area (Å²) in [5.74, 6) is 0.843. The van der Waals surface area contributed by atoms with Gasteiger partial charge in [-0.1, -0.05) is 12.1 Å². The Bertz CT molecular complexity index is 824. The summed E-state index contributed by atoms with van der Waals surface area (Å²) in [6.45, 7) is 8.69. The number of carbonyl (C=O) groups is 1. The summed E-state index contributed by atoms with van der Waals surface area (Å²) >= 11 is 0. The van der Waals surface area contributed by atoms with Crippen molar-refractivity contribution in [3.05, 3.63) is 46.8 Å². The van der Waals surface area contributed by atoms with E-state index in [1.165, 1.54) is 18.4 Å². The molecule has 2 atom stereocenters. The fourth-order valence-corrected chi connectivity index (χ4v) is 4.26. The van der Waals surface area contributed by atoms with Crippen molar-refractivity contribution in [1.29, 1.82) is 0 Å². The van der Waals surface area contributed by atoms with E-state index in [1.807, 2.05) is 44.6 Å². The van der Waals surface area contributed by atoms with Gasteiger partial charge >= 0.3 is 6.03 Å². The van der Waals surface area contributed by atoms with Crippen LogP contribution in [0.4, 0.5) is 4.79 Å². The fourth-order valence-electron chi connectivity index (χ4n) is 4.26. The van der Waals surface area contributed by atoms with Crippen molar-refractivity contribution in [3.8, 4) is 5.75 Å². The van der Waals surface area contributed by atoms with E-state index in [-0.39, 0.29) is 18.1 Å². The molecule has 29 heavy (non-hydrogen) atoms. The number of ether oxygens (including phenoxy) is 1. The maximum Gasteiger partial charge on any atom is 0.315 e. The highest BCUT2D eigenvalue weighted by Gasteiger charge is 2.25. The molecule has 1 saturated heterocycles. The smallest absolute Gasteiger partial charge is 0.315 e. The molecule has 1 aromatic heterocycles. The lowest BCUT2D eigenvalue weighted by Crippen LogP contribution is -2.42. The quantitative estimate of drug-likeness (QED) is 0.750. The monoisotopic (exact) mass is 399 g/mol. The van der Waals surface area contributed by atoms with Crippen LogP contribution in [0.2, 0.25) is 0 Å². The number of rotatable bonds is 7. The minimum atomic E-state index is -0.155. The molecule has 0 unspecified atom stereocenters. The van der Waals surface area contributed by atoms with Gasteiger partial charge in [-0.2, -0.15) is 5.10 Å². The number of nitrogens with one attached hydrogen (secondary N) is 2. The van der Waals surface area contributed by atoms with Crippen molar-refractivity contribution in [2.75, 3.05) is 26.7 Å². The van der Waals surface area contributed by atoms with Crippen LogP contribution in [0.1, 0.15) is 54.4 Å². The Kier molecular flexibility index (Phi) is 6.79. The van der Waals surface area contributed by atoms with E-state index in [2.05, 4.69) is 32.8 Å². The summed E-state index contributed by atoms with van der Waals surface area (Å²) in [6, 6.07) is 8.04. The summed E-state index contributed by atoms with van der Waals surface area (Å²) in [5, 5.41) is 10.6. The zero-order valence-electron chi connectivity index (χ0n) is 18.2. The second kappa shape index (κ2) is 9.31. The SMILES string of the molecule is COc1ccc([C@@H](CNC(=O)N[C@H](C)c2c(C)nn(C)c2C)N2CCCC2)cc1. The van der Waals surface area contributed by atoms with E-state index in [9.17, 15) is 4.79 Å². The van der Waals surface area contributed by atoms with E-state index in [4.69, 9.17) is 4.74 Å². The molecular formula is C22H33N5O2. The van der Waals surface area contributed by atoms with E-state index in [1.54, 1.807) is 7.11 Å². The lowest BCUT2D eigenvalue weighted by Gasteiger charge is -2.28. The van der Waals surface area contributed by atoms with Gasteiger partial charge in [0.05, 0.1) is 24.9 Å². The Balaban J connectivity index is 1.64. The van der Waals surface area contributed by atoms with Gasteiger partial charge in [-0.15, -0.1) is 0 Å². The molecule has 0 bridgehead atoms. The summed E-state index contributed by atoms with van der Waals surface area (Å²) in [7, 11) is 3.60. The maximum absolute atomic E-state index is 12.6. The molecule has 2 amide bonds. The second-order valence-corrected chi connectivity index (χ2v) is 7.82. The van der Waals surface area contributed by atoms with Crippen LogP contribution < -0.4 is 15.4 Å². The summed E-state index contributed by atoms with van der Waals surface area (Å²) in [4.78, 5) is 15.1. The first kappa shape index (κ1) is 21.2. The van der Waals surface area contributed by atoms with E-state index < -0.39 is 0 Å². The van der Waals surface area contributed by atoms with Crippen molar-refractivity contribution in [2.24, 2.45) is 7.05 Å². The molecule has 2 heterocycles. The molecule has 0 radical (unpaired) electrons. The van der Waals surface area contributed by atoms with Crippen LogP contribution in [0.5, 0.6) is 5.75 Å². The number of benzene rings is 1. The molecule has 0 saturated carbocycles. The predicted octanol–water partition coefficient (Wildman–Crippen LogP) is 3.24. The van der Waals surface area contributed by atoms with E-state index in [0.717, 1.165) is 35.8 Å². The molecule has 1 aliphatic rings. The number of methoxy groups -OCH3 is 1. The number of amides is 2.